The summed E-state index contributed by atoms with van der Waals surface area (Å²) in [4.78, 5) is 25.6. The Morgan fingerprint density at radius 2 is 2.06 bits per heavy atom. The highest BCUT2D eigenvalue weighted by Crippen LogP contribution is 2.23. The standard InChI is InChI=1S/C13H20N2O2/c1-6-9(2)15-8-7-10(16)14-11(12(15)17)13(3,4)5/h1,9,11H,7-8H2,2-5H3,(H,14,16). The van der Waals surface area contributed by atoms with Crippen molar-refractivity contribution in [3.05, 3.63) is 0 Å². The van der Waals surface area contributed by atoms with E-state index in [4.69, 9.17) is 6.42 Å². The second-order valence-electron chi connectivity index (χ2n) is 5.49. The van der Waals surface area contributed by atoms with E-state index in [0.29, 0.717) is 13.0 Å². The molecule has 0 aromatic carbocycles. The molecule has 0 bridgehead atoms. The van der Waals surface area contributed by atoms with Crippen LogP contribution in [0, 0.1) is 17.8 Å². The molecule has 2 amide bonds. The molecule has 1 N–H and O–H groups in total. The third-order valence-electron chi connectivity index (χ3n) is 2.99. The number of amides is 2. The molecule has 2 atom stereocenters. The van der Waals surface area contributed by atoms with Crippen LogP contribution in [0.3, 0.4) is 0 Å². The Bertz CT molecular complexity index is 363. The smallest absolute Gasteiger partial charge is 0.246 e. The number of hydrogen-bond acceptors (Lipinski definition) is 2. The van der Waals surface area contributed by atoms with Gasteiger partial charge in [-0.05, 0) is 12.3 Å². The van der Waals surface area contributed by atoms with Crippen molar-refractivity contribution in [3.63, 3.8) is 0 Å². The molecule has 1 saturated heterocycles. The Morgan fingerprint density at radius 3 is 2.53 bits per heavy atom. The van der Waals surface area contributed by atoms with Crippen molar-refractivity contribution in [1.82, 2.24) is 10.2 Å². The molecule has 0 spiro atoms. The first-order valence-electron chi connectivity index (χ1n) is 5.83. The molecule has 0 aromatic rings. The number of terminal acetylenes is 1. The van der Waals surface area contributed by atoms with Crippen LogP contribution in [0.1, 0.15) is 34.1 Å². The number of nitrogens with one attached hydrogen (secondary N) is 1. The van der Waals surface area contributed by atoms with Gasteiger partial charge in [0.1, 0.15) is 6.04 Å². The Kier molecular flexibility index (Phi) is 3.82. The number of nitrogens with zero attached hydrogens (tertiary/aromatic N) is 1. The zero-order valence-corrected chi connectivity index (χ0v) is 10.9. The summed E-state index contributed by atoms with van der Waals surface area (Å²) >= 11 is 0. The highest BCUT2D eigenvalue weighted by molar-refractivity contribution is 5.90. The molecule has 0 aromatic heterocycles. The number of carbonyl (C=O) groups is 2. The van der Waals surface area contributed by atoms with Crippen LogP contribution >= 0.6 is 0 Å². The van der Waals surface area contributed by atoms with Crippen LogP contribution in [0.2, 0.25) is 0 Å². The van der Waals surface area contributed by atoms with E-state index in [-0.39, 0.29) is 23.3 Å². The van der Waals surface area contributed by atoms with Gasteiger partial charge in [0.05, 0.1) is 6.04 Å². The molecular formula is C13H20N2O2. The minimum Gasteiger partial charge on any atom is -0.344 e. The third kappa shape index (κ3) is 3.00. The molecule has 1 rings (SSSR count). The quantitative estimate of drug-likeness (QED) is 0.684. The van der Waals surface area contributed by atoms with Crippen molar-refractivity contribution >= 4 is 11.8 Å². The second-order valence-corrected chi connectivity index (χ2v) is 5.49. The van der Waals surface area contributed by atoms with Gasteiger partial charge in [0.15, 0.2) is 0 Å². The first kappa shape index (κ1) is 13.6. The lowest BCUT2D eigenvalue weighted by atomic mass is 9.86. The van der Waals surface area contributed by atoms with Crippen LogP contribution < -0.4 is 5.32 Å². The van der Waals surface area contributed by atoms with E-state index in [0.717, 1.165) is 0 Å². The lowest BCUT2D eigenvalue weighted by Gasteiger charge is -2.33. The molecule has 0 aliphatic carbocycles. The fourth-order valence-electron chi connectivity index (χ4n) is 1.85. The van der Waals surface area contributed by atoms with Crippen LogP contribution in [-0.2, 0) is 9.59 Å². The van der Waals surface area contributed by atoms with E-state index in [9.17, 15) is 9.59 Å². The van der Waals surface area contributed by atoms with Gasteiger partial charge in [0, 0.05) is 13.0 Å². The minimum absolute atomic E-state index is 0.0891. The first-order chi connectivity index (χ1) is 7.77. The van der Waals surface area contributed by atoms with Crippen molar-refractivity contribution in [1.29, 1.82) is 0 Å². The van der Waals surface area contributed by atoms with Gasteiger partial charge in [0.2, 0.25) is 11.8 Å². The first-order valence-corrected chi connectivity index (χ1v) is 5.83. The predicted octanol–water partition coefficient (Wildman–Crippen LogP) is 0.771. The number of hydrogen-bond donors (Lipinski definition) is 1. The maximum atomic E-state index is 12.4. The molecule has 4 heteroatoms. The Morgan fingerprint density at radius 1 is 1.47 bits per heavy atom. The molecule has 1 aliphatic heterocycles. The Labute approximate surface area is 103 Å². The Balaban J connectivity index is 3.02. The molecule has 94 valence electrons. The van der Waals surface area contributed by atoms with Gasteiger partial charge in [-0.3, -0.25) is 9.59 Å². The van der Waals surface area contributed by atoms with Gasteiger partial charge in [-0.15, -0.1) is 6.42 Å². The summed E-state index contributed by atoms with van der Waals surface area (Å²) < 4.78 is 0. The molecule has 0 radical (unpaired) electrons. The van der Waals surface area contributed by atoms with Crippen LogP contribution in [0.5, 0.6) is 0 Å². The van der Waals surface area contributed by atoms with E-state index in [1.54, 1.807) is 11.8 Å². The second kappa shape index (κ2) is 4.79. The topological polar surface area (TPSA) is 49.4 Å². The zero-order valence-electron chi connectivity index (χ0n) is 10.9. The third-order valence-corrected chi connectivity index (χ3v) is 2.99. The zero-order chi connectivity index (χ0) is 13.2. The molecule has 2 unspecified atom stereocenters. The maximum absolute atomic E-state index is 12.4. The minimum atomic E-state index is -0.506. The summed E-state index contributed by atoms with van der Waals surface area (Å²) in [6.45, 7) is 7.98. The molecule has 1 heterocycles. The highest BCUT2D eigenvalue weighted by atomic mass is 16.2. The summed E-state index contributed by atoms with van der Waals surface area (Å²) in [6.07, 6.45) is 5.67. The van der Waals surface area contributed by atoms with Gasteiger partial charge in [-0.2, -0.15) is 0 Å². The monoisotopic (exact) mass is 236 g/mol. The van der Waals surface area contributed by atoms with E-state index < -0.39 is 6.04 Å². The summed E-state index contributed by atoms with van der Waals surface area (Å²) in [6, 6.07) is -0.784. The normalized spacial score (nSPS) is 23.7. The maximum Gasteiger partial charge on any atom is 0.246 e. The highest BCUT2D eigenvalue weighted by Gasteiger charge is 2.38. The number of carbonyl (C=O) groups excluding carboxylic acids is 2. The summed E-state index contributed by atoms with van der Waals surface area (Å²) in [7, 11) is 0. The molecule has 4 nitrogen and oxygen atoms in total. The van der Waals surface area contributed by atoms with E-state index in [2.05, 4.69) is 11.2 Å². The summed E-state index contributed by atoms with van der Waals surface area (Å²) in [5.74, 6) is 2.36. The average molecular weight is 236 g/mol. The van der Waals surface area contributed by atoms with Crippen LogP contribution in [-0.4, -0.2) is 35.3 Å². The van der Waals surface area contributed by atoms with E-state index >= 15 is 0 Å². The lowest BCUT2D eigenvalue weighted by Crippen LogP contribution is -2.53. The molecule has 1 fully saturated rings. The SMILES string of the molecule is C#CC(C)N1CCC(=O)NC(C(C)(C)C)C1=O. The van der Waals surface area contributed by atoms with Crippen LogP contribution in [0.25, 0.3) is 0 Å². The lowest BCUT2D eigenvalue weighted by molar-refractivity contribution is -0.137. The number of rotatable bonds is 1. The summed E-state index contributed by atoms with van der Waals surface area (Å²) in [5, 5.41) is 2.78. The van der Waals surface area contributed by atoms with Gasteiger partial charge < -0.3 is 10.2 Å². The van der Waals surface area contributed by atoms with Crippen molar-refractivity contribution in [2.45, 2.75) is 46.2 Å². The van der Waals surface area contributed by atoms with Crippen molar-refractivity contribution in [3.8, 4) is 12.3 Å². The van der Waals surface area contributed by atoms with E-state index in [1.165, 1.54) is 0 Å². The van der Waals surface area contributed by atoms with Crippen molar-refractivity contribution in [2.24, 2.45) is 5.41 Å². The van der Waals surface area contributed by atoms with Crippen molar-refractivity contribution in [2.75, 3.05) is 6.54 Å². The molecule has 17 heavy (non-hydrogen) atoms. The summed E-state index contributed by atoms with van der Waals surface area (Å²) in [5.41, 5.74) is -0.316. The van der Waals surface area contributed by atoms with Crippen LogP contribution in [0.4, 0.5) is 0 Å². The fourth-order valence-corrected chi connectivity index (χ4v) is 1.85. The fraction of sp³-hybridized carbons (Fsp3) is 0.692. The largest absolute Gasteiger partial charge is 0.344 e. The van der Waals surface area contributed by atoms with Crippen molar-refractivity contribution < 1.29 is 9.59 Å². The average Bonchev–Trinajstić information content (AvgIpc) is 2.37. The van der Waals surface area contributed by atoms with Gasteiger partial charge in [-0.1, -0.05) is 26.7 Å². The van der Waals surface area contributed by atoms with Gasteiger partial charge in [-0.25, -0.2) is 0 Å². The molecule has 0 saturated carbocycles. The van der Waals surface area contributed by atoms with Gasteiger partial charge >= 0.3 is 0 Å². The van der Waals surface area contributed by atoms with E-state index in [1.807, 2.05) is 20.8 Å². The molecular weight excluding hydrogens is 216 g/mol. The molecule has 1 aliphatic rings. The predicted molar refractivity (Wildman–Crippen MR) is 66.0 cm³/mol. The Hall–Kier alpha value is -1.50. The van der Waals surface area contributed by atoms with Gasteiger partial charge in [0.25, 0.3) is 0 Å². The van der Waals surface area contributed by atoms with Crippen LogP contribution in [0.15, 0.2) is 0 Å².